The molecule has 0 fully saturated rings. The van der Waals surface area contributed by atoms with Crippen LogP contribution in [0.2, 0.25) is 0 Å². The Morgan fingerprint density at radius 3 is 1.21 bits per heavy atom. The largest absolute Gasteiger partial charge is 0.394 e. The molecule has 0 unspecified atom stereocenters. The third-order valence-corrected chi connectivity index (χ3v) is 1.60. The summed E-state index contributed by atoms with van der Waals surface area (Å²) in [6, 6.07) is 0. The van der Waals surface area contributed by atoms with Gasteiger partial charge in [0.2, 0.25) is 0 Å². The van der Waals surface area contributed by atoms with Gasteiger partial charge in [0.15, 0.2) is 10.2 Å². The first-order chi connectivity index (χ1) is 6.25. The Balaban J connectivity index is 4.56. The van der Waals surface area contributed by atoms with E-state index < -0.39 is 23.5 Å². The van der Waals surface area contributed by atoms with Gasteiger partial charge in [-0.05, 0) is 0 Å². The van der Waals surface area contributed by atoms with Crippen LogP contribution < -0.4 is 0 Å². The van der Waals surface area contributed by atoms with E-state index >= 15 is 0 Å². The summed E-state index contributed by atoms with van der Waals surface area (Å²) in [4.78, 5) is 31.9. The van der Waals surface area contributed by atoms with Crippen LogP contribution in [0.25, 0.3) is 0 Å². The number of rotatable bonds is 3. The molecular formula is C7H12O6Si. The van der Waals surface area contributed by atoms with Gasteiger partial charge in [0.25, 0.3) is 0 Å². The summed E-state index contributed by atoms with van der Waals surface area (Å²) in [6.07, 6.45) is 0. The molecule has 0 aromatic heterocycles. The molecule has 0 saturated heterocycles. The van der Waals surface area contributed by atoms with E-state index in [1.807, 2.05) is 0 Å². The SMILES string of the molecule is CC(=O)OC([SiH3])(OC(C)=O)OC(C)=O. The van der Waals surface area contributed by atoms with Crippen molar-refractivity contribution < 1.29 is 28.6 Å². The molecule has 0 amide bonds. The molecule has 0 aliphatic heterocycles. The highest BCUT2D eigenvalue weighted by Gasteiger charge is 2.34. The van der Waals surface area contributed by atoms with Crippen LogP contribution in [0, 0.1) is 0 Å². The number of hydrogen-bond donors (Lipinski definition) is 0. The van der Waals surface area contributed by atoms with Crippen LogP contribution in [0.5, 0.6) is 0 Å². The monoisotopic (exact) mass is 220 g/mol. The number of carbonyl (C=O) groups is 3. The predicted molar refractivity (Wildman–Crippen MR) is 48.0 cm³/mol. The van der Waals surface area contributed by atoms with Gasteiger partial charge in [-0.2, -0.15) is 0 Å². The Labute approximate surface area is 83.9 Å². The minimum absolute atomic E-state index is 0.0329. The molecule has 0 bridgehead atoms. The van der Waals surface area contributed by atoms with Crippen molar-refractivity contribution in [2.24, 2.45) is 0 Å². The van der Waals surface area contributed by atoms with Crippen molar-refractivity contribution in [2.45, 2.75) is 26.4 Å². The van der Waals surface area contributed by atoms with Crippen molar-refractivity contribution in [1.82, 2.24) is 0 Å². The van der Waals surface area contributed by atoms with Crippen LogP contribution in [-0.2, 0) is 28.6 Å². The molecule has 0 saturated carbocycles. The van der Waals surface area contributed by atoms with Crippen LogP contribution in [0.1, 0.15) is 20.8 Å². The topological polar surface area (TPSA) is 78.9 Å². The molecule has 0 radical (unpaired) electrons. The molecule has 0 N–H and O–H groups in total. The second-order valence-corrected chi connectivity index (χ2v) is 3.87. The first kappa shape index (κ1) is 12.6. The summed E-state index contributed by atoms with van der Waals surface area (Å²) in [7, 11) is 0.0329. The lowest BCUT2D eigenvalue weighted by Gasteiger charge is -2.27. The van der Waals surface area contributed by atoms with Crippen molar-refractivity contribution in [3.05, 3.63) is 0 Å². The predicted octanol–water partition coefficient (Wildman–Crippen LogP) is -1.35. The average Bonchev–Trinajstić information content (AvgIpc) is 1.76. The molecule has 0 heterocycles. The second kappa shape index (κ2) is 4.75. The van der Waals surface area contributed by atoms with Crippen LogP contribution in [0.4, 0.5) is 0 Å². The highest BCUT2D eigenvalue weighted by Crippen LogP contribution is 2.11. The van der Waals surface area contributed by atoms with E-state index in [9.17, 15) is 14.4 Å². The fraction of sp³-hybridized carbons (Fsp3) is 0.571. The smallest absolute Gasteiger partial charge is 0.374 e. The molecular weight excluding hydrogens is 208 g/mol. The lowest BCUT2D eigenvalue weighted by Crippen LogP contribution is -2.43. The third-order valence-electron chi connectivity index (χ3n) is 0.987. The van der Waals surface area contributed by atoms with Crippen LogP contribution in [0.15, 0.2) is 0 Å². The quantitative estimate of drug-likeness (QED) is 0.332. The lowest BCUT2D eigenvalue weighted by molar-refractivity contribution is -0.281. The molecule has 6 nitrogen and oxygen atoms in total. The molecule has 0 aliphatic carbocycles. The molecule has 7 heteroatoms. The summed E-state index contributed by atoms with van der Waals surface area (Å²) < 4.78 is 13.8. The minimum Gasteiger partial charge on any atom is -0.394 e. The average molecular weight is 220 g/mol. The van der Waals surface area contributed by atoms with Crippen molar-refractivity contribution in [2.75, 3.05) is 0 Å². The molecule has 0 rings (SSSR count). The fourth-order valence-electron chi connectivity index (χ4n) is 0.846. The van der Waals surface area contributed by atoms with Crippen LogP contribution in [0.3, 0.4) is 0 Å². The fourth-order valence-corrected chi connectivity index (χ4v) is 1.71. The summed E-state index contributed by atoms with van der Waals surface area (Å²) in [6.45, 7) is 3.37. The van der Waals surface area contributed by atoms with Gasteiger partial charge in [0, 0.05) is 20.8 Å². The third kappa shape index (κ3) is 5.30. The van der Waals surface area contributed by atoms with E-state index in [0.29, 0.717) is 0 Å². The number of esters is 3. The summed E-state index contributed by atoms with van der Waals surface area (Å²) >= 11 is 0. The van der Waals surface area contributed by atoms with Gasteiger partial charge in [-0.15, -0.1) is 0 Å². The van der Waals surface area contributed by atoms with E-state index in [1.54, 1.807) is 0 Å². The van der Waals surface area contributed by atoms with Gasteiger partial charge in [-0.3, -0.25) is 14.4 Å². The lowest BCUT2D eigenvalue weighted by atomic mass is 10.8. The molecule has 0 aromatic carbocycles. The van der Waals surface area contributed by atoms with E-state index in [2.05, 4.69) is 14.2 Å². The summed E-state index contributed by atoms with van der Waals surface area (Å²) in [5.74, 6) is -2.08. The van der Waals surface area contributed by atoms with Crippen molar-refractivity contribution in [3.8, 4) is 0 Å². The molecule has 0 spiro atoms. The minimum atomic E-state index is -1.84. The van der Waals surface area contributed by atoms with E-state index in [0.717, 1.165) is 20.8 Å². The highest BCUT2D eigenvalue weighted by atomic mass is 28.1. The normalized spacial score (nSPS) is 10.5. The second-order valence-electron chi connectivity index (χ2n) is 2.64. The van der Waals surface area contributed by atoms with Crippen molar-refractivity contribution in [1.29, 1.82) is 0 Å². The zero-order valence-corrected chi connectivity index (χ0v) is 10.4. The summed E-state index contributed by atoms with van der Waals surface area (Å²) in [5, 5.41) is 0. The summed E-state index contributed by atoms with van der Waals surface area (Å²) in [5.41, 5.74) is -1.84. The van der Waals surface area contributed by atoms with E-state index in [-0.39, 0.29) is 10.2 Å². The van der Waals surface area contributed by atoms with E-state index in [4.69, 9.17) is 0 Å². The maximum absolute atomic E-state index is 10.6. The molecule has 0 atom stereocenters. The van der Waals surface area contributed by atoms with E-state index in [1.165, 1.54) is 0 Å². The number of ether oxygens (including phenoxy) is 3. The highest BCUT2D eigenvalue weighted by molar-refractivity contribution is 6.14. The molecule has 0 aliphatic rings. The first-order valence-corrected chi connectivity index (χ1v) is 4.84. The molecule has 14 heavy (non-hydrogen) atoms. The molecule has 80 valence electrons. The van der Waals surface area contributed by atoms with Crippen LogP contribution >= 0.6 is 0 Å². The Kier molecular flexibility index (Phi) is 4.28. The number of hydrogen-bond acceptors (Lipinski definition) is 6. The maximum Gasteiger partial charge on any atom is 0.374 e. The number of carbonyl (C=O) groups excluding carboxylic acids is 3. The van der Waals surface area contributed by atoms with Crippen LogP contribution in [-0.4, -0.2) is 33.7 Å². The van der Waals surface area contributed by atoms with Gasteiger partial charge in [-0.1, -0.05) is 0 Å². The van der Waals surface area contributed by atoms with Gasteiger partial charge >= 0.3 is 23.5 Å². The van der Waals surface area contributed by atoms with Gasteiger partial charge in [0.05, 0.1) is 0 Å². The first-order valence-electron chi connectivity index (χ1n) is 3.84. The Bertz CT molecular complexity index is 220. The Morgan fingerprint density at radius 2 is 1.07 bits per heavy atom. The Hall–Kier alpha value is -1.37. The Morgan fingerprint density at radius 1 is 0.857 bits per heavy atom. The maximum atomic E-state index is 10.6. The van der Waals surface area contributed by atoms with Gasteiger partial charge in [0.1, 0.15) is 0 Å². The van der Waals surface area contributed by atoms with Crippen molar-refractivity contribution in [3.63, 3.8) is 0 Å². The zero-order valence-electron chi connectivity index (χ0n) is 8.45. The zero-order chi connectivity index (χ0) is 11.4. The molecule has 0 aromatic rings. The standard InChI is InChI=1S/C7H12O6Si/c1-4(8)11-7(14,12-5(2)9)13-6(3)10/h1-3,14H3. The van der Waals surface area contributed by atoms with Gasteiger partial charge in [-0.25, -0.2) is 0 Å². The van der Waals surface area contributed by atoms with Gasteiger partial charge < -0.3 is 14.2 Å². The van der Waals surface area contributed by atoms with Crippen molar-refractivity contribution >= 4 is 28.2 Å².